The Hall–Kier alpha value is -2.97. The minimum absolute atomic E-state index is 0.0544. The van der Waals surface area contributed by atoms with Crippen LogP contribution in [0.2, 0.25) is 0 Å². The molecule has 0 aliphatic carbocycles. The number of fused-ring (bicyclic) bond motifs is 1. The predicted molar refractivity (Wildman–Crippen MR) is 116 cm³/mol. The van der Waals surface area contributed by atoms with Gasteiger partial charge in [0.05, 0.1) is 16.9 Å². The standard InChI is InChI=1S/C20H13BrN4O2S/c21-13-3-6-15(7-4-13)25-19(27)16(18(26)24-20(25)28)11-23-14-5-8-17-12(10-14)2-1-9-22-17/h1-11,16H,(H,24,26,28)/t16-/m0/s1. The van der Waals surface area contributed by atoms with E-state index in [2.05, 4.69) is 31.2 Å². The molecule has 0 radical (unpaired) electrons. The second kappa shape index (κ2) is 7.57. The average molecular weight is 453 g/mol. The van der Waals surface area contributed by atoms with Gasteiger partial charge in [-0.3, -0.25) is 24.5 Å². The fourth-order valence-corrected chi connectivity index (χ4v) is 3.42. The molecule has 28 heavy (non-hydrogen) atoms. The molecule has 1 aliphatic rings. The van der Waals surface area contributed by atoms with Crippen LogP contribution < -0.4 is 10.2 Å². The number of aliphatic imine (C=N–C) groups is 1. The Balaban J connectivity index is 1.62. The van der Waals surface area contributed by atoms with Gasteiger partial charge >= 0.3 is 0 Å². The molecule has 138 valence electrons. The highest BCUT2D eigenvalue weighted by Crippen LogP contribution is 2.24. The molecule has 1 atom stereocenters. The summed E-state index contributed by atoms with van der Waals surface area (Å²) in [5.41, 5.74) is 2.05. The highest BCUT2D eigenvalue weighted by molar-refractivity contribution is 9.10. The molecule has 1 aliphatic heterocycles. The van der Waals surface area contributed by atoms with Gasteiger partial charge in [-0.1, -0.05) is 22.0 Å². The van der Waals surface area contributed by atoms with Crippen molar-refractivity contribution in [2.75, 3.05) is 4.90 Å². The van der Waals surface area contributed by atoms with Crippen molar-refractivity contribution >= 4 is 73.6 Å². The first-order valence-electron chi connectivity index (χ1n) is 8.36. The van der Waals surface area contributed by atoms with Crippen LogP contribution in [-0.2, 0) is 9.59 Å². The lowest BCUT2D eigenvalue weighted by molar-refractivity contribution is -0.130. The van der Waals surface area contributed by atoms with Gasteiger partial charge in [-0.05, 0) is 60.7 Å². The predicted octanol–water partition coefficient (Wildman–Crippen LogP) is 3.76. The van der Waals surface area contributed by atoms with Crippen molar-refractivity contribution < 1.29 is 9.59 Å². The molecule has 1 N–H and O–H groups in total. The van der Waals surface area contributed by atoms with E-state index in [1.807, 2.05) is 24.3 Å². The van der Waals surface area contributed by atoms with Crippen LogP contribution in [0.3, 0.4) is 0 Å². The molecule has 8 heteroatoms. The molecule has 0 spiro atoms. The van der Waals surface area contributed by atoms with Crippen molar-refractivity contribution in [3.05, 3.63) is 65.3 Å². The first kappa shape index (κ1) is 18.4. The Bertz CT molecular complexity index is 1130. The minimum Gasteiger partial charge on any atom is -0.301 e. The third kappa shape index (κ3) is 3.56. The molecule has 1 fully saturated rings. The molecular weight excluding hydrogens is 440 g/mol. The number of nitrogens with zero attached hydrogens (tertiary/aromatic N) is 3. The zero-order valence-electron chi connectivity index (χ0n) is 14.4. The van der Waals surface area contributed by atoms with Crippen LogP contribution in [0.5, 0.6) is 0 Å². The fourth-order valence-electron chi connectivity index (χ4n) is 2.86. The summed E-state index contributed by atoms with van der Waals surface area (Å²) in [5, 5.41) is 3.55. The maximum Gasteiger partial charge on any atom is 0.251 e. The van der Waals surface area contributed by atoms with Crippen LogP contribution in [-0.4, -0.2) is 28.1 Å². The SMILES string of the molecule is O=C1NC(=S)N(c2ccc(Br)cc2)C(=O)[C@H]1C=Nc1ccc2ncccc2c1. The first-order valence-corrected chi connectivity index (χ1v) is 9.56. The molecule has 3 aromatic rings. The van der Waals surface area contributed by atoms with Crippen molar-refractivity contribution in [1.29, 1.82) is 0 Å². The number of pyridine rings is 1. The number of hydrogen-bond donors (Lipinski definition) is 1. The van der Waals surface area contributed by atoms with Gasteiger partial charge in [0.25, 0.3) is 5.91 Å². The molecule has 2 aromatic carbocycles. The number of carbonyl (C=O) groups excluding carboxylic acids is 2. The van der Waals surface area contributed by atoms with Gasteiger partial charge in [0.15, 0.2) is 11.0 Å². The summed E-state index contributed by atoms with van der Waals surface area (Å²) in [6.45, 7) is 0. The van der Waals surface area contributed by atoms with E-state index >= 15 is 0 Å². The second-order valence-electron chi connectivity index (χ2n) is 6.08. The number of amides is 2. The van der Waals surface area contributed by atoms with Gasteiger partial charge in [-0.2, -0.15) is 0 Å². The first-order chi connectivity index (χ1) is 13.5. The highest BCUT2D eigenvalue weighted by Gasteiger charge is 2.38. The monoisotopic (exact) mass is 452 g/mol. The molecule has 1 aromatic heterocycles. The minimum atomic E-state index is -1.07. The maximum absolute atomic E-state index is 12.9. The summed E-state index contributed by atoms with van der Waals surface area (Å²) >= 11 is 8.55. The van der Waals surface area contributed by atoms with Crippen LogP contribution in [0.15, 0.2) is 70.3 Å². The molecule has 2 heterocycles. The number of halogens is 1. The largest absolute Gasteiger partial charge is 0.301 e. The molecule has 0 bridgehead atoms. The molecule has 0 saturated carbocycles. The zero-order valence-corrected chi connectivity index (χ0v) is 16.8. The van der Waals surface area contributed by atoms with Crippen LogP contribution in [0, 0.1) is 5.92 Å². The highest BCUT2D eigenvalue weighted by atomic mass is 79.9. The van der Waals surface area contributed by atoms with Gasteiger partial charge < -0.3 is 5.32 Å². The van der Waals surface area contributed by atoms with Crippen molar-refractivity contribution in [2.45, 2.75) is 0 Å². The van der Waals surface area contributed by atoms with Crippen molar-refractivity contribution in [2.24, 2.45) is 10.9 Å². The summed E-state index contributed by atoms with van der Waals surface area (Å²) in [6.07, 6.45) is 3.07. The number of thiocarbonyl (C=S) groups is 1. The molecule has 6 nitrogen and oxygen atoms in total. The Kier molecular flexibility index (Phi) is 4.97. The molecule has 1 saturated heterocycles. The van der Waals surface area contributed by atoms with Gasteiger partial charge in [0.2, 0.25) is 5.91 Å². The summed E-state index contributed by atoms with van der Waals surface area (Å²) in [5.74, 6) is -2.00. The number of anilines is 1. The van der Waals surface area contributed by atoms with Crippen molar-refractivity contribution in [1.82, 2.24) is 10.3 Å². The van der Waals surface area contributed by atoms with E-state index in [1.54, 1.807) is 36.5 Å². The Morgan fingerprint density at radius 3 is 2.71 bits per heavy atom. The van der Waals surface area contributed by atoms with Gasteiger partial charge in [0, 0.05) is 22.3 Å². The molecular formula is C20H13BrN4O2S. The topological polar surface area (TPSA) is 74.7 Å². The van der Waals surface area contributed by atoms with Crippen LogP contribution in [0.1, 0.15) is 0 Å². The summed E-state index contributed by atoms with van der Waals surface area (Å²) in [7, 11) is 0. The quantitative estimate of drug-likeness (QED) is 0.372. The van der Waals surface area contributed by atoms with Gasteiger partial charge in [-0.15, -0.1) is 0 Å². The van der Waals surface area contributed by atoms with Crippen LogP contribution in [0.4, 0.5) is 11.4 Å². The van der Waals surface area contributed by atoms with E-state index < -0.39 is 17.7 Å². The average Bonchev–Trinajstić information content (AvgIpc) is 2.69. The number of rotatable bonds is 3. The number of nitrogens with one attached hydrogen (secondary N) is 1. The zero-order chi connectivity index (χ0) is 19.7. The lowest BCUT2D eigenvalue weighted by Crippen LogP contribution is -2.58. The Morgan fingerprint density at radius 2 is 1.93 bits per heavy atom. The van der Waals surface area contributed by atoms with Crippen molar-refractivity contribution in [3.63, 3.8) is 0 Å². The Morgan fingerprint density at radius 1 is 1.14 bits per heavy atom. The number of hydrogen-bond acceptors (Lipinski definition) is 5. The van der Waals surface area contributed by atoms with Gasteiger partial charge in [-0.25, -0.2) is 0 Å². The van der Waals surface area contributed by atoms with Gasteiger partial charge in [0.1, 0.15) is 0 Å². The summed E-state index contributed by atoms with van der Waals surface area (Å²) in [4.78, 5) is 35.2. The lowest BCUT2D eigenvalue weighted by Gasteiger charge is -2.30. The van der Waals surface area contributed by atoms with E-state index in [-0.39, 0.29) is 5.11 Å². The maximum atomic E-state index is 12.9. The third-order valence-electron chi connectivity index (χ3n) is 4.25. The smallest absolute Gasteiger partial charge is 0.251 e. The third-order valence-corrected chi connectivity index (χ3v) is 5.06. The van der Waals surface area contributed by atoms with E-state index in [1.165, 1.54) is 11.1 Å². The lowest BCUT2D eigenvalue weighted by atomic mass is 10.1. The van der Waals surface area contributed by atoms with E-state index in [0.29, 0.717) is 11.4 Å². The Labute approximate surface area is 174 Å². The number of carbonyl (C=O) groups is 2. The number of benzene rings is 2. The van der Waals surface area contributed by atoms with E-state index in [9.17, 15) is 9.59 Å². The summed E-state index contributed by atoms with van der Waals surface area (Å²) in [6, 6.07) is 16.3. The fraction of sp³-hybridized carbons (Fsp3) is 0.0500. The van der Waals surface area contributed by atoms with Crippen molar-refractivity contribution in [3.8, 4) is 0 Å². The molecule has 0 unspecified atom stereocenters. The number of aromatic nitrogens is 1. The normalized spacial score (nSPS) is 17.4. The summed E-state index contributed by atoms with van der Waals surface area (Å²) < 4.78 is 0.875. The molecule has 4 rings (SSSR count). The second-order valence-corrected chi connectivity index (χ2v) is 7.38. The van der Waals surface area contributed by atoms with Crippen LogP contribution in [0.25, 0.3) is 10.9 Å². The molecule has 2 amide bonds. The van der Waals surface area contributed by atoms with E-state index in [4.69, 9.17) is 12.2 Å². The van der Waals surface area contributed by atoms with E-state index in [0.717, 1.165) is 15.4 Å². The van der Waals surface area contributed by atoms with Crippen LogP contribution >= 0.6 is 28.1 Å².